The van der Waals surface area contributed by atoms with Gasteiger partial charge in [-0.2, -0.15) is 0 Å². The van der Waals surface area contributed by atoms with Gasteiger partial charge in [0.1, 0.15) is 12.1 Å². The van der Waals surface area contributed by atoms with Crippen molar-refractivity contribution in [1.29, 1.82) is 0 Å². The molecule has 0 saturated carbocycles. The molecule has 0 aliphatic carbocycles. The monoisotopic (exact) mass is 310 g/mol. The molecule has 114 valence electrons. The van der Waals surface area contributed by atoms with E-state index in [2.05, 4.69) is 26.9 Å². The van der Waals surface area contributed by atoms with Crippen LogP contribution in [0, 0.1) is 0 Å². The van der Waals surface area contributed by atoms with E-state index >= 15 is 0 Å². The lowest BCUT2D eigenvalue weighted by Crippen LogP contribution is -2.23. The van der Waals surface area contributed by atoms with Gasteiger partial charge in [0.2, 0.25) is 5.09 Å². The number of nitrogens with zero attached hydrogens (tertiary/aromatic N) is 2. The van der Waals surface area contributed by atoms with E-state index in [1.165, 1.54) is 12.4 Å². The number of sulfonamides is 1. The first-order chi connectivity index (χ1) is 10.1. The molecule has 0 spiro atoms. The summed E-state index contributed by atoms with van der Waals surface area (Å²) in [7, 11) is -3.67. The molecule has 0 unspecified atom stereocenters. The molecule has 7 nitrogen and oxygen atoms in total. The van der Waals surface area contributed by atoms with E-state index in [0.717, 1.165) is 13.0 Å². The van der Waals surface area contributed by atoms with Gasteiger partial charge in [-0.15, -0.1) is 0 Å². The highest BCUT2D eigenvalue weighted by atomic mass is 32.2. The predicted octanol–water partition coefficient (Wildman–Crippen LogP) is 1.05. The zero-order chi connectivity index (χ0) is 15.1. The minimum atomic E-state index is -3.67. The molecule has 0 fully saturated rings. The van der Waals surface area contributed by atoms with Crippen molar-refractivity contribution < 1.29 is 12.8 Å². The van der Waals surface area contributed by atoms with Crippen molar-refractivity contribution in [2.24, 2.45) is 0 Å². The first kappa shape index (κ1) is 15.6. The van der Waals surface area contributed by atoms with Gasteiger partial charge >= 0.3 is 0 Å². The molecule has 2 N–H and O–H groups in total. The molecule has 0 aromatic carbocycles. The fourth-order valence-corrected chi connectivity index (χ4v) is 2.59. The lowest BCUT2D eigenvalue weighted by Gasteiger charge is -2.03. The van der Waals surface area contributed by atoms with E-state index in [4.69, 9.17) is 4.42 Å². The maximum absolute atomic E-state index is 12.1. The topological polar surface area (TPSA) is 97.1 Å². The predicted molar refractivity (Wildman–Crippen MR) is 76.8 cm³/mol. The number of rotatable bonds is 8. The molecular formula is C13H18N4O3S. The molecule has 0 saturated heterocycles. The van der Waals surface area contributed by atoms with Gasteiger partial charge in [0.15, 0.2) is 0 Å². The molecule has 2 aromatic rings. The largest absolute Gasteiger partial charge is 0.447 e. The molecule has 2 heterocycles. The highest BCUT2D eigenvalue weighted by Crippen LogP contribution is 2.14. The van der Waals surface area contributed by atoms with Gasteiger partial charge in [-0.3, -0.25) is 0 Å². The number of nitrogens with one attached hydrogen (secondary N) is 2. The zero-order valence-corrected chi connectivity index (χ0v) is 12.6. The van der Waals surface area contributed by atoms with E-state index in [-0.39, 0.29) is 11.6 Å². The molecule has 0 aliphatic heterocycles. The summed E-state index contributed by atoms with van der Waals surface area (Å²) in [4.78, 5) is 7.72. The second-order valence-electron chi connectivity index (χ2n) is 4.42. The summed E-state index contributed by atoms with van der Waals surface area (Å²) in [5.41, 5.74) is 0.588. The highest BCUT2D eigenvalue weighted by Gasteiger charge is 2.18. The van der Waals surface area contributed by atoms with Gasteiger partial charge in [-0.05, 0) is 31.2 Å². The van der Waals surface area contributed by atoms with Gasteiger partial charge in [-0.25, -0.2) is 23.1 Å². The maximum atomic E-state index is 12.1. The van der Waals surface area contributed by atoms with E-state index in [1.54, 1.807) is 18.3 Å². The van der Waals surface area contributed by atoms with Crippen LogP contribution in [0.3, 0.4) is 0 Å². The lowest BCUT2D eigenvalue weighted by molar-refractivity contribution is 0.400. The van der Waals surface area contributed by atoms with E-state index < -0.39 is 10.0 Å². The van der Waals surface area contributed by atoms with Crippen LogP contribution in [0.25, 0.3) is 0 Å². The van der Waals surface area contributed by atoms with Gasteiger partial charge in [-0.1, -0.05) is 6.92 Å². The molecule has 2 aromatic heterocycles. The Hall–Kier alpha value is -1.77. The third-order valence-corrected chi connectivity index (χ3v) is 3.99. The average molecular weight is 310 g/mol. The Labute approximate surface area is 123 Å². The van der Waals surface area contributed by atoms with Crippen molar-refractivity contribution in [3.05, 3.63) is 42.2 Å². The van der Waals surface area contributed by atoms with Gasteiger partial charge in [0.25, 0.3) is 10.0 Å². The molecular weight excluding hydrogens is 292 g/mol. The van der Waals surface area contributed by atoms with Crippen LogP contribution in [0.15, 0.2) is 40.2 Å². The second kappa shape index (κ2) is 7.30. The van der Waals surface area contributed by atoms with Crippen molar-refractivity contribution in [2.75, 3.05) is 6.54 Å². The van der Waals surface area contributed by atoms with Crippen LogP contribution < -0.4 is 10.0 Å². The molecule has 0 bridgehead atoms. The minimum absolute atomic E-state index is 0.0922. The minimum Gasteiger partial charge on any atom is -0.447 e. The van der Waals surface area contributed by atoms with Crippen LogP contribution in [-0.4, -0.2) is 24.9 Å². The molecule has 0 radical (unpaired) electrons. The smallest absolute Gasteiger partial charge is 0.274 e. The van der Waals surface area contributed by atoms with Crippen molar-refractivity contribution in [3.8, 4) is 0 Å². The Morgan fingerprint density at radius 1 is 1.24 bits per heavy atom. The van der Waals surface area contributed by atoms with Crippen molar-refractivity contribution in [1.82, 2.24) is 20.0 Å². The molecule has 0 atom stereocenters. The average Bonchev–Trinajstić information content (AvgIpc) is 2.96. The quantitative estimate of drug-likeness (QED) is 0.707. The van der Waals surface area contributed by atoms with E-state index in [9.17, 15) is 8.42 Å². The van der Waals surface area contributed by atoms with Crippen molar-refractivity contribution in [2.45, 2.75) is 31.5 Å². The Kier molecular flexibility index (Phi) is 5.43. The summed E-state index contributed by atoms with van der Waals surface area (Å²) in [6.07, 6.45) is 3.93. The number of hydrogen-bond donors (Lipinski definition) is 2. The van der Waals surface area contributed by atoms with Crippen LogP contribution in [0.5, 0.6) is 0 Å². The lowest BCUT2D eigenvalue weighted by atomic mass is 10.4. The van der Waals surface area contributed by atoms with Crippen LogP contribution in [0.2, 0.25) is 0 Å². The highest BCUT2D eigenvalue weighted by molar-refractivity contribution is 7.89. The fourth-order valence-electron chi connectivity index (χ4n) is 1.65. The summed E-state index contributed by atoms with van der Waals surface area (Å²) < 4.78 is 31.9. The van der Waals surface area contributed by atoms with Gasteiger partial charge < -0.3 is 9.73 Å². The van der Waals surface area contributed by atoms with Crippen LogP contribution in [0.4, 0.5) is 0 Å². The third kappa shape index (κ3) is 4.62. The van der Waals surface area contributed by atoms with Crippen LogP contribution in [0.1, 0.15) is 24.8 Å². The summed E-state index contributed by atoms with van der Waals surface area (Å²) in [5.74, 6) is 0.589. The number of hydrogen-bond acceptors (Lipinski definition) is 6. The molecule has 8 heteroatoms. The number of furan rings is 1. The zero-order valence-electron chi connectivity index (χ0n) is 11.7. The maximum Gasteiger partial charge on any atom is 0.274 e. The Bertz CT molecular complexity index is 655. The Morgan fingerprint density at radius 3 is 2.81 bits per heavy atom. The molecule has 2 rings (SSSR count). The van der Waals surface area contributed by atoms with Crippen molar-refractivity contribution >= 4 is 10.0 Å². The molecule has 0 amide bonds. The first-order valence-electron chi connectivity index (χ1n) is 6.66. The third-order valence-electron chi connectivity index (χ3n) is 2.71. The Balaban J connectivity index is 1.96. The normalized spacial score (nSPS) is 11.7. The van der Waals surface area contributed by atoms with Crippen LogP contribution >= 0.6 is 0 Å². The SMILES string of the molecule is CCCNCc1ccc(S(=O)(=O)NCc2ccncn2)o1. The van der Waals surface area contributed by atoms with Crippen molar-refractivity contribution in [3.63, 3.8) is 0 Å². The van der Waals surface area contributed by atoms with E-state index in [1.807, 2.05) is 0 Å². The summed E-state index contributed by atoms with van der Waals surface area (Å²) in [6.45, 7) is 3.51. The second-order valence-corrected chi connectivity index (χ2v) is 6.12. The summed E-state index contributed by atoms with van der Waals surface area (Å²) in [6, 6.07) is 4.75. The standard InChI is InChI=1S/C13H18N4O3S/c1-2-6-14-9-12-3-4-13(20-12)21(18,19)17-8-11-5-7-15-10-16-11/h3-5,7,10,14,17H,2,6,8-9H2,1H3. The fraction of sp³-hybridized carbons (Fsp3) is 0.385. The first-order valence-corrected chi connectivity index (χ1v) is 8.14. The molecule has 0 aliphatic rings. The van der Waals surface area contributed by atoms with Crippen LogP contribution in [-0.2, 0) is 23.1 Å². The Morgan fingerprint density at radius 2 is 2.10 bits per heavy atom. The summed E-state index contributed by atoms with van der Waals surface area (Å²) >= 11 is 0. The van der Waals surface area contributed by atoms with Gasteiger partial charge in [0.05, 0.1) is 18.8 Å². The van der Waals surface area contributed by atoms with Gasteiger partial charge in [0, 0.05) is 6.20 Å². The van der Waals surface area contributed by atoms with E-state index in [0.29, 0.717) is 18.0 Å². The molecule has 21 heavy (non-hydrogen) atoms. The summed E-state index contributed by atoms with van der Waals surface area (Å²) in [5, 5.41) is 3.06. The number of aromatic nitrogens is 2.